The maximum Gasteiger partial charge on any atom is 0.411 e. The van der Waals surface area contributed by atoms with Gasteiger partial charge < -0.3 is 10.1 Å². The Morgan fingerprint density at radius 2 is 2.05 bits per heavy atom. The molecule has 2 rings (SSSR count). The number of rotatable bonds is 6. The fourth-order valence-electron chi connectivity index (χ4n) is 2.02. The summed E-state index contributed by atoms with van der Waals surface area (Å²) < 4.78 is 5.02. The Morgan fingerprint density at radius 1 is 1.23 bits per heavy atom. The molecule has 0 bridgehead atoms. The molecule has 1 aromatic heterocycles. The van der Waals surface area contributed by atoms with E-state index >= 15 is 0 Å². The van der Waals surface area contributed by atoms with E-state index in [9.17, 15) is 4.79 Å². The highest BCUT2D eigenvalue weighted by atomic mass is 32.1. The minimum atomic E-state index is -0.403. The minimum Gasteiger partial charge on any atom is -0.449 e. The number of benzene rings is 1. The van der Waals surface area contributed by atoms with Gasteiger partial charge >= 0.3 is 6.09 Å². The first-order valence-electron chi connectivity index (χ1n) is 7.42. The second-order valence-corrected chi connectivity index (χ2v) is 6.53. The highest BCUT2D eigenvalue weighted by Gasteiger charge is 2.06. The topological polar surface area (TPSA) is 50.4 Å². The summed E-state index contributed by atoms with van der Waals surface area (Å²) >= 11 is 1.79. The highest BCUT2D eigenvalue weighted by Crippen LogP contribution is 2.22. The lowest BCUT2D eigenvalue weighted by atomic mass is 10.2. The maximum atomic E-state index is 11.6. The van der Waals surface area contributed by atoms with Crippen molar-refractivity contribution in [2.45, 2.75) is 33.7 Å². The molecule has 2 N–H and O–H groups in total. The average molecular weight is 318 g/mol. The van der Waals surface area contributed by atoms with Crippen molar-refractivity contribution < 1.29 is 9.53 Å². The van der Waals surface area contributed by atoms with Crippen LogP contribution in [0.1, 0.15) is 28.7 Å². The lowest BCUT2D eigenvalue weighted by molar-refractivity contribution is 0.161. The summed E-state index contributed by atoms with van der Waals surface area (Å²) in [6.07, 6.45) is 0.414. The Bertz CT molecular complexity index is 637. The quantitative estimate of drug-likeness (QED) is 0.793. The van der Waals surface area contributed by atoms with E-state index in [4.69, 9.17) is 4.74 Å². The van der Waals surface area contributed by atoms with Crippen LogP contribution in [0.2, 0.25) is 0 Å². The fraction of sp³-hybridized carbons (Fsp3) is 0.353. The van der Waals surface area contributed by atoms with Gasteiger partial charge in [-0.15, -0.1) is 11.3 Å². The van der Waals surface area contributed by atoms with E-state index < -0.39 is 6.09 Å². The monoisotopic (exact) mass is 318 g/mol. The first kappa shape index (κ1) is 16.4. The number of carbonyl (C=O) groups is 1. The molecule has 0 fully saturated rings. The van der Waals surface area contributed by atoms with Crippen LogP contribution in [0.15, 0.2) is 30.3 Å². The van der Waals surface area contributed by atoms with Gasteiger partial charge in [-0.05, 0) is 56.2 Å². The van der Waals surface area contributed by atoms with Gasteiger partial charge in [-0.25, -0.2) is 4.79 Å². The number of carbonyl (C=O) groups excluding carboxylic acids is 1. The SMILES string of the molecule is CCCOC(=O)Nc1ccc(NCc2ccc(C)s2)cc1C. The molecule has 2 aromatic rings. The molecule has 1 heterocycles. The van der Waals surface area contributed by atoms with Crippen LogP contribution in [-0.2, 0) is 11.3 Å². The molecule has 22 heavy (non-hydrogen) atoms. The molecule has 0 unspecified atom stereocenters. The molecular formula is C17H22N2O2S. The van der Waals surface area contributed by atoms with Crippen LogP contribution in [0.25, 0.3) is 0 Å². The van der Waals surface area contributed by atoms with Crippen LogP contribution in [-0.4, -0.2) is 12.7 Å². The number of ether oxygens (including phenoxy) is 1. The summed E-state index contributed by atoms with van der Waals surface area (Å²) in [7, 11) is 0. The van der Waals surface area contributed by atoms with Crippen molar-refractivity contribution in [1.82, 2.24) is 0 Å². The predicted molar refractivity (Wildman–Crippen MR) is 92.8 cm³/mol. The third kappa shape index (κ3) is 4.77. The van der Waals surface area contributed by atoms with Crippen LogP contribution >= 0.6 is 11.3 Å². The van der Waals surface area contributed by atoms with Crippen molar-refractivity contribution in [1.29, 1.82) is 0 Å². The van der Waals surface area contributed by atoms with Crippen molar-refractivity contribution in [3.63, 3.8) is 0 Å². The van der Waals surface area contributed by atoms with Gasteiger partial charge in [-0.3, -0.25) is 5.32 Å². The molecule has 5 heteroatoms. The number of amides is 1. The Labute approximate surface area is 135 Å². The lowest BCUT2D eigenvalue weighted by Crippen LogP contribution is -2.14. The first-order valence-corrected chi connectivity index (χ1v) is 8.23. The molecule has 0 atom stereocenters. The first-order chi connectivity index (χ1) is 10.6. The summed E-state index contributed by atoms with van der Waals surface area (Å²) in [5.41, 5.74) is 2.82. The summed E-state index contributed by atoms with van der Waals surface area (Å²) in [6.45, 7) is 7.29. The Balaban J connectivity index is 1.92. The summed E-state index contributed by atoms with van der Waals surface area (Å²) in [4.78, 5) is 14.2. The van der Waals surface area contributed by atoms with Gasteiger partial charge in [0.25, 0.3) is 0 Å². The van der Waals surface area contributed by atoms with Crippen molar-refractivity contribution in [2.75, 3.05) is 17.2 Å². The molecule has 1 amide bonds. The molecule has 0 radical (unpaired) electrons. The Hall–Kier alpha value is -2.01. The number of hydrogen-bond donors (Lipinski definition) is 2. The van der Waals surface area contributed by atoms with Crippen LogP contribution in [0.5, 0.6) is 0 Å². The van der Waals surface area contributed by atoms with Crippen LogP contribution in [0, 0.1) is 13.8 Å². The second-order valence-electron chi connectivity index (χ2n) is 5.16. The maximum absolute atomic E-state index is 11.6. The van der Waals surface area contributed by atoms with Gasteiger partial charge in [0.15, 0.2) is 0 Å². The van der Waals surface area contributed by atoms with Gasteiger partial charge in [0.2, 0.25) is 0 Å². The predicted octanol–water partition coefficient (Wildman–Crippen LogP) is 4.94. The highest BCUT2D eigenvalue weighted by molar-refractivity contribution is 7.11. The van der Waals surface area contributed by atoms with Crippen LogP contribution < -0.4 is 10.6 Å². The summed E-state index contributed by atoms with van der Waals surface area (Å²) in [6, 6.07) is 10.1. The molecule has 1 aromatic carbocycles. The van der Waals surface area contributed by atoms with Gasteiger partial charge in [0, 0.05) is 27.7 Å². The fourth-order valence-corrected chi connectivity index (χ4v) is 2.85. The third-order valence-corrected chi connectivity index (χ3v) is 4.16. The normalized spacial score (nSPS) is 10.3. The number of aryl methyl sites for hydroxylation is 2. The van der Waals surface area contributed by atoms with Crippen molar-refractivity contribution in [2.24, 2.45) is 0 Å². The van der Waals surface area contributed by atoms with Gasteiger partial charge in [-0.1, -0.05) is 6.92 Å². The molecule has 0 aliphatic heterocycles. The van der Waals surface area contributed by atoms with E-state index in [2.05, 4.69) is 29.7 Å². The summed E-state index contributed by atoms with van der Waals surface area (Å²) in [5, 5.41) is 6.16. The Morgan fingerprint density at radius 3 is 2.68 bits per heavy atom. The number of anilines is 2. The zero-order chi connectivity index (χ0) is 15.9. The van der Waals surface area contributed by atoms with Crippen molar-refractivity contribution in [3.8, 4) is 0 Å². The van der Waals surface area contributed by atoms with E-state index in [1.807, 2.05) is 32.0 Å². The van der Waals surface area contributed by atoms with E-state index in [-0.39, 0.29) is 0 Å². The smallest absolute Gasteiger partial charge is 0.411 e. The van der Waals surface area contributed by atoms with Gasteiger partial charge in [0.05, 0.1) is 6.61 Å². The van der Waals surface area contributed by atoms with Crippen molar-refractivity contribution >= 4 is 28.8 Å². The summed E-state index contributed by atoms with van der Waals surface area (Å²) in [5.74, 6) is 0. The molecule has 0 saturated carbocycles. The van der Waals surface area contributed by atoms with Gasteiger partial charge in [-0.2, -0.15) is 0 Å². The van der Waals surface area contributed by atoms with E-state index in [1.54, 1.807) is 11.3 Å². The average Bonchev–Trinajstić information content (AvgIpc) is 2.91. The van der Waals surface area contributed by atoms with E-state index in [1.165, 1.54) is 9.75 Å². The van der Waals surface area contributed by atoms with Crippen molar-refractivity contribution in [3.05, 3.63) is 45.6 Å². The molecule has 0 spiro atoms. The van der Waals surface area contributed by atoms with Crippen LogP contribution in [0.3, 0.4) is 0 Å². The zero-order valence-electron chi connectivity index (χ0n) is 13.2. The third-order valence-electron chi connectivity index (χ3n) is 3.16. The minimum absolute atomic E-state index is 0.403. The zero-order valence-corrected chi connectivity index (χ0v) is 14.0. The molecule has 0 aliphatic carbocycles. The van der Waals surface area contributed by atoms with Gasteiger partial charge in [0.1, 0.15) is 0 Å². The second kappa shape index (κ2) is 7.84. The largest absolute Gasteiger partial charge is 0.449 e. The standard InChI is InChI=1S/C17H22N2O2S/c1-4-9-21-17(20)19-16-8-6-14(10-12(16)2)18-11-15-7-5-13(3)22-15/h5-8,10,18H,4,9,11H2,1-3H3,(H,19,20). The van der Waals surface area contributed by atoms with E-state index in [0.717, 1.165) is 29.9 Å². The number of hydrogen-bond acceptors (Lipinski definition) is 4. The molecule has 0 aliphatic rings. The van der Waals surface area contributed by atoms with Crippen LogP contribution in [0.4, 0.5) is 16.2 Å². The molecule has 118 valence electrons. The number of nitrogens with one attached hydrogen (secondary N) is 2. The Kier molecular flexibility index (Phi) is 5.83. The lowest BCUT2D eigenvalue weighted by Gasteiger charge is -2.11. The molecular weight excluding hydrogens is 296 g/mol. The molecule has 4 nitrogen and oxygen atoms in total. The molecule has 0 saturated heterocycles. The van der Waals surface area contributed by atoms with E-state index in [0.29, 0.717) is 6.61 Å². The number of thiophene rings is 1.